The lowest BCUT2D eigenvalue weighted by molar-refractivity contribution is -0.154. The van der Waals surface area contributed by atoms with Crippen molar-refractivity contribution in [3.63, 3.8) is 0 Å². The molecule has 0 spiro atoms. The highest BCUT2D eigenvalue weighted by molar-refractivity contribution is 6.44. The van der Waals surface area contributed by atoms with Crippen molar-refractivity contribution in [2.24, 2.45) is 16.7 Å². The maximum absolute atomic E-state index is 11.2. The van der Waals surface area contributed by atoms with Gasteiger partial charge >= 0.3 is 5.97 Å². The highest BCUT2D eigenvalue weighted by atomic mass is 35.5. The van der Waals surface area contributed by atoms with Crippen LogP contribution in [0.1, 0.15) is 33.6 Å². The van der Waals surface area contributed by atoms with Gasteiger partial charge in [0.1, 0.15) is 4.84 Å². The van der Waals surface area contributed by atoms with Gasteiger partial charge in [0.15, 0.2) is 0 Å². The molecule has 0 aromatic rings. The average Bonchev–Trinajstić information content (AvgIpc) is 2.24. The molecule has 1 fully saturated rings. The lowest BCUT2D eigenvalue weighted by Gasteiger charge is -2.38. The van der Waals surface area contributed by atoms with Crippen LogP contribution < -0.4 is 0 Å². The number of carbonyl (C=O) groups is 1. The van der Waals surface area contributed by atoms with Gasteiger partial charge in [0.05, 0.1) is 5.41 Å². The van der Waals surface area contributed by atoms with Crippen LogP contribution in [-0.2, 0) is 4.79 Å². The molecule has 0 bridgehead atoms. The van der Waals surface area contributed by atoms with Gasteiger partial charge in [-0.15, -0.1) is 23.2 Å². The molecule has 0 unspecified atom stereocenters. The first-order chi connectivity index (χ1) is 6.23. The molecule has 2 nitrogen and oxygen atoms in total. The van der Waals surface area contributed by atoms with Gasteiger partial charge in [-0.05, 0) is 31.1 Å². The van der Waals surface area contributed by atoms with Crippen LogP contribution in [0.4, 0.5) is 0 Å². The van der Waals surface area contributed by atoms with Crippen molar-refractivity contribution >= 4 is 29.2 Å². The average molecular weight is 239 g/mol. The minimum absolute atomic E-state index is 0.0620. The predicted octanol–water partition coefficient (Wildman–Crippen LogP) is 3.32. The Hall–Kier alpha value is 0.0500. The fourth-order valence-corrected chi connectivity index (χ4v) is 3.24. The van der Waals surface area contributed by atoms with Crippen LogP contribution in [0.3, 0.4) is 0 Å². The summed E-state index contributed by atoms with van der Waals surface area (Å²) in [6, 6.07) is 0. The third kappa shape index (κ3) is 1.53. The van der Waals surface area contributed by atoms with E-state index in [2.05, 4.69) is 0 Å². The van der Waals surface area contributed by atoms with E-state index in [9.17, 15) is 9.90 Å². The lowest BCUT2D eigenvalue weighted by atomic mass is 9.66. The Morgan fingerprint density at radius 2 is 1.93 bits per heavy atom. The quantitative estimate of drug-likeness (QED) is 0.750. The monoisotopic (exact) mass is 238 g/mol. The van der Waals surface area contributed by atoms with E-state index in [4.69, 9.17) is 23.2 Å². The summed E-state index contributed by atoms with van der Waals surface area (Å²) in [5.74, 6) is -0.689. The van der Waals surface area contributed by atoms with Gasteiger partial charge in [-0.25, -0.2) is 0 Å². The second-order valence-corrected chi connectivity index (χ2v) is 6.00. The van der Waals surface area contributed by atoms with Crippen molar-refractivity contribution < 1.29 is 9.90 Å². The largest absolute Gasteiger partial charge is 0.481 e. The van der Waals surface area contributed by atoms with Crippen LogP contribution in [0.15, 0.2) is 0 Å². The number of halogens is 2. The molecule has 0 radical (unpaired) electrons. The van der Waals surface area contributed by atoms with Gasteiger partial charge in [0, 0.05) is 0 Å². The normalized spacial score (nSPS) is 36.3. The predicted molar refractivity (Wildman–Crippen MR) is 57.7 cm³/mol. The number of alkyl halides is 2. The molecular formula is C10H16Cl2O2. The first-order valence-electron chi connectivity index (χ1n) is 4.75. The summed E-state index contributed by atoms with van der Waals surface area (Å²) in [5.41, 5.74) is -1.06. The highest BCUT2D eigenvalue weighted by Gasteiger charge is 2.57. The standard InChI is InChI=1S/C10H16Cl2O2/c1-9(2)6(7(11)12)4-5-10(9,3)8(13)14/h6-7H,4-5H2,1-3H3,(H,13,14)/t6-,10+/m1/s1. The van der Waals surface area contributed by atoms with Crippen molar-refractivity contribution in [2.45, 2.75) is 38.4 Å². The third-order valence-electron chi connectivity index (χ3n) is 4.08. The molecule has 1 saturated carbocycles. The molecule has 4 heteroatoms. The smallest absolute Gasteiger partial charge is 0.309 e. The van der Waals surface area contributed by atoms with Crippen LogP contribution in [0, 0.1) is 16.7 Å². The van der Waals surface area contributed by atoms with E-state index in [-0.39, 0.29) is 11.3 Å². The second-order valence-electron chi connectivity index (χ2n) is 4.84. The number of aliphatic carboxylic acids is 1. The van der Waals surface area contributed by atoms with Crippen LogP contribution >= 0.6 is 23.2 Å². The molecule has 0 saturated heterocycles. The molecule has 0 heterocycles. The number of hydrogen-bond acceptors (Lipinski definition) is 1. The van der Waals surface area contributed by atoms with E-state index in [1.165, 1.54) is 0 Å². The summed E-state index contributed by atoms with van der Waals surface area (Å²) >= 11 is 11.7. The molecule has 1 N–H and O–H groups in total. The summed E-state index contributed by atoms with van der Waals surface area (Å²) in [6.07, 6.45) is 1.43. The van der Waals surface area contributed by atoms with Crippen LogP contribution in [0.5, 0.6) is 0 Å². The van der Waals surface area contributed by atoms with E-state index >= 15 is 0 Å². The number of hydrogen-bond donors (Lipinski definition) is 1. The lowest BCUT2D eigenvalue weighted by Crippen LogP contribution is -2.42. The molecule has 1 rings (SSSR count). The zero-order valence-corrected chi connectivity index (χ0v) is 10.2. The highest BCUT2D eigenvalue weighted by Crippen LogP contribution is 2.58. The summed E-state index contributed by atoms with van der Waals surface area (Å²) in [6.45, 7) is 5.67. The Morgan fingerprint density at radius 1 is 1.43 bits per heavy atom. The number of carboxylic acid groups (broad SMARTS) is 1. The molecule has 0 aromatic heterocycles. The molecule has 1 aliphatic rings. The Labute approximate surface area is 94.6 Å². The van der Waals surface area contributed by atoms with Crippen molar-refractivity contribution in [1.29, 1.82) is 0 Å². The van der Waals surface area contributed by atoms with Crippen LogP contribution in [-0.4, -0.2) is 15.9 Å². The summed E-state index contributed by atoms with van der Waals surface area (Å²) < 4.78 is 0. The van der Waals surface area contributed by atoms with Gasteiger partial charge in [0.2, 0.25) is 0 Å². The minimum atomic E-state index is -0.751. The van der Waals surface area contributed by atoms with E-state index in [0.29, 0.717) is 6.42 Å². The van der Waals surface area contributed by atoms with Gasteiger partial charge in [-0.3, -0.25) is 4.79 Å². The maximum Gasteiger partial charge on any atom is 0.309 e. The molecule has 0 aliphatic heterocycles. The van der Waals surface area contributed by atoms with Crippen molar-refractivity contribution in [3.05, 3.63) is 0 Å². The molecule has 14 heavy (non-hydrogen) atoms. The fourth-order valence-electron chi connectivity index (χ4n) is 2.36. The van der Waals surface area contributed by atoms with Crippen molar-refractivity contribution in [1.82, 2.24) is 0 Å². The number of carboxylic acids is 1. The Bertz CT molecular complexity index is 251. The van der Waals surface area contributed by atoms with Gasteiger partial charge in [-0.1, -0.05) is 13.8 Å². The summed E-state index contributed by atoms with van der Waals surface area (Å²) in [5, 5.41) is 9.22. The van der Waals surface area contributed by atoms with E-state index in [1.807, 2.05) is 13.8 Å². The summed E-state index contributed by atoms with van der Waals surface area (Å²) in [4.78, 5) is 10.7. The van der Waals surface area contributed by atoms with Gasteiger partial charge < -0.3 is 5.11 Å². The van der Waals surface area contributed by atoms with E-state index in [0.717, 1.165) is 6.42 Å². The number of rotatable bonds is 2. The first kappa shape index (κ1) is 12.1. The Balaban J connectivity index is 3.02. The Morgan fingerprint density at radius 3 is 2.14 bits per heavy atom. The zero-order valence-electron chi connectivity index (χ0n) is 8.68. The minimum Gasteiger partial charge on any atom is -0.481 e. The van der Waals surface area contributed by atoms with Crippen LogP contribution in [0.25, 0.3) is 0 Å². The Kier molecular flexibility index (Phi) is 3.09. The molecule has 2 atom stereocenters. The molecule has 0 aromatic carbocycles. The van der Waals surface area contributed by atoms with Crippen LogP contribution in [0.2, 0.25) is 0 Å². The summed E-state index contributed by atoms with van der Waals surface area (Å²) in [7, 11) is 0. The molecular weight excluding hydrogens is 223 g/mol. The molecule has 82 valence electrons. The zero-order chi connectivity index (χ0) is 11.1. The van der Waals surface area contributed by atoms with Gasteiger partial charge in [-0.2, -0.15) is 0 Å². The van der Waals surface area contributed by atoms with Crippen molar-refractivity contribution in [2.75, 3.05) is 0 Å². The van der Waals surface area contributed by atoms with E-state index < -0.39 is 16.2 Å². The maximum atomic E-state index is 11.2. The van der Waals surface area contributed by atoms with E-state index in [1.54, 1.807) is 6.92 Å². The van der Waals surface area contributed by atoms with Gasteiger partial charge in [0.25, 0.3) is 0 Å². The molecule has 0 amide bonds. The molecule has 1 aliphatic carbocycles. The SMILES string of the molecule is CC1(C)[C@@H](C(Cl)Cl)CC[C@@]1(C)C(=O)O. The van der Waals surface area contributed by atoms with Crippen molar-refractivity contribution in [3.8, 4) is 0 Å². The fraction of sp³-hybridized carbons (Fsp3) is 0.900. The third-order valence-corrected chi connectivity index (χ3v) is 4.69. The first-order valence-corrected chi connectivity index (χ1v) is 5.62. The second kappa shape index (κ2) is 3.57. The topological polar surface area (TPSA) is 37.3 Å².